The molecule has 0 aromatic rings. The molecule has 0 fully saturated rings. The molecule has 0 spiro atoms. The first kappa shape index (κ1) is 20.9. The van der Waals surface area contributed by atoms with Crippen LogP contribution in [-0.2, 0) is 0 Å². The summed E-state index contributed by atoms with van der Waals surface area (Å²) in [4.78, 5) is 0. The van der Waals surface area contributed by atoms with Crippen LogP contribution in [0.25, 0.3) is 0 Å². The number of hydrogen-bond donors (Lipinski definition) is 0. The van der Waals surface area contributed by atoms with Crippen LogP contribution in [0, 0.1) is 0 Å². The number of halogens is 1. The molecular weight excluding hydrogens is 238 g/mol. The molecule has 0 aliphatic heterocycles. The van der Waals surface area contributed by atoms with Gasteiger partial charge in [0.2, 0.25) is 0 Å². The molecule has 0 saturated heterocycles. The van der Waals surface area contributed by atoms with Gasteiger partial charge in [0, 0.05) is 0 Å². The minimum atomic E-state index is -0.127. The van der Waals surface area contributed by atoms with Crippen molar-refractivity contribution in [3.8, 4) is 0 Å². The van der Waals surface area contributed by atoms with E-state index in [1.165, 1.54) is 70.6 Å². The minimum absolute atomic E-state index is 0. The third kappa shape index (κ3) is 20.1. The van der Waals surface area contributed by atoms with Crippen LogP contribution in [0.1, 0.15) is 91.8 Å². The molecule has 0 saturated carbocycles. The van der Waals surface area contributed by atoms with Gasteiger partial charge < -0.3 is 1.43 Å². The van der Waals surface area contributed by atoms with Crippen molar-refractivity contribution in [2.75, 3.05) is 6.67 Å². The molecule has 100 valence electrons. The summed E-state index contributed by atoms with van der Waals surface area (Å²) < 4.78 is 11.8. The fraction of sp³-hybridized carbons (Fsp3) is 1.00. The van der Waals surface area contributed by atoms with E-state index in [-0.39, 0.29) is 59.5 Å². The van der Waals surface area contributed by atoms with Gasteiger partial charge in [0.1, 0.15) is 0 Å². The Morgan fingerprint density at radius 2 is 0.882 bits per heavy atom. The fourth-order valence-corrected chi connectivity index (χ4v) is 2.11. The quantitative estimate of drug-likeness (QED) is 0.356. The van der Waals surface area contributed by atoms with Crippen LogP contribution < -0.4 is 51.4 Å². The zero-order chi connectivity index (χ0) is 11.9. The Kier molecular flexibility index (Phi) is 24.4. The van der Waals surface area contributed by atoms with Crippen molar-refractivity contribution in [3.05, 3.63) is 0 Å². The molecule has 0 aliphatic rings. The Morgan fingerprint density at radius 1 is 0.588 bits per heavy atom. The van der Waals surface area contributed by atoms with Gasteiger partial charge in [0.05, 0.1) is 6.67 Å². The first-order valence-electron chi connectivity index (χ1n) is 7.47. The van der Waals surface area contributed by atoms with Gasteiger partial charge in [0.15, 0.2) is 0 Å². The van der Waals surface area contributed by atoms with E-state index in [9.17, 15) is 4.39 Å². The molecule has 0 bridgehead atoms. The predicted molar refractivity (Wildman–Crippen MR) is 72.8 cm³/mol. The molecule has 0 N–H and O–H groups in total. The molecule has 2 heteroatoms. The standard InChI is InChI=1S/C15H31F.K.H/c1-2-3-4-5-6-7-8-9-10-11-12-13-14-15-16;;/h2-15H2,1H3;;/q;+1;-1. The molecule has 0 heterocycles. The van der Waals surface area contributed by atoms with Crippen LogP contribution in [0.3, 0.4) is 0 Å². The minimum Gasteiger partial charge on any atom is -1.00 e. The predicted octanol–water partition coefficient (Wildman–Crippen LogP) is 3.16. The summed E-state index contributed by atoms with van der Waals surface area (Å²) in [6.07, 6.45) is 17.1. The molecule has 0 aromatic carbocycles. The maximum absolute atomic E-state index is 11.8. The van der Waals surface area contributed by atoms with E-state index in [0.29, 0.717) is 0 Å². The third-order valence-electron chi connectivity index (χ3n) is 3.24. The second-order valence-electron chi connectivity index (χ2n) is 4.93. The number of alkyl halides is 1. The van der Waals surface area contributed by atoms with Crippen molar-refractivity contribution < 1.29 is 57.2 Å². The molecule has 0 rings (SSSR count). The first-order valence-corrected chi connectivity index (χ1v) is 7.47. The van der Waals surface area contributed by atoms with Crippen LogP contribution in [0.5, 0.6) is 0 Å². The monoisotopic (exact) mass is 270 g/mol. The maximum Gasteiger partial charge on any atom is 1.00 e. The molecule has 0 amide bonds. The second kappa shape index (κ2) is 19.9. The van der Waals surface area contributed by atoms with Crippen LogP contribution in [0.2, 0.25) is 0 Å². The molecule has 0 unspecified atom stereocenters. The second-order valence-corrected chi connectivity index (χ2v) is 4.93. The fourth-order valence-electron chi connectivity index (χ4n) is 2.11. The van der Waals surface area contributed by atoms with Gasteiger partial charge in [-0.05, 0) is 6.42 Å². The number of unbranched alkanes of at least 4 members (excludes halogenated alkanes) is 12. The van der Waals surface area contributed by atoms with E-state index in [1.54, 1.807) is 0 Å². The van der Waals surface area contributed by atoms with Crippen molar-refractivity contribution in [2.45, 2.75) is 90.4 Å². The summed E-state index contributed by atoms with van der Waals surface area (Å²) in [7, 11) is 0. The van der Waals surface area contributed by atoms with Gasteiger partial charge in [0.25, 0.3) is 0 Å². The van der Waals surface area contributed by atoms with Crippen LogP contribution in [0.15, 0.2) is 0 Å². The Bertz CT molecular complexity index is 109. The van der Waals surface area contributed by atoms with E-state index >= 15 is 0 Å². The first-order chi connectivity index (χ1) is 7.91. The van der Waals surface area contributed by atoms with Crippen molar-refractivity contribution in [1.82, 2.24) is 0 Å². The van der Waals surface area contributed by atoms with Crippen LogP contribution in [-0.4, -0.2) is 6.67 Å². The summed E-state index contributed by atoms with van der Waals surface area (Å²) in [6.45, 7) is 2.14. The average Bonchev–Trinajstić information content (AvgIpc) is 2.31. The van der Waals surface area contributed by atoms with Gasteiger partial charge in [-0.25, -0.2) is 0 Å². The van der Waals surface area contributed by atoms with Crippen molar-refractivity contribution in [2.24, 2.45) is 0 Å². The average molecular weight is 271 g/mol. The van der Waals surface area contributed by atoms with Gasteiger partial charge in [-0.2, -0.15) is 0 Å². The van der Waals surface area contributed by atoms with E-state index in [0.717, 1.165) is 12.8 Å². The Balaban J connectivity index is -0.00000112. The SMILES string of the molecule is CCCCCCCCCCCCCCCF.[H-].[K+]. The Morgan fingerprint density at radius 3 is 1.18 bits per heavy atom. The van der Waals surface area contributed by atoms with Gasteiger partial charge >= 0.3 is 51.4 Å². The Hall–Kier alpha value is 1.57. The molecular formula is C15H32FK. The zero-order valence-electron chi connectivity index (χ0n) is 13.3. The summed E-state index contributed by atoms with van der Waals surface area (Å²) >= 11 is 0. The summed E-state index contributed by atoms with van der Waals surface area (Å²) in [5, 5.41) is 0. The largest absolute Gasteiger partial charge is 1.00 e. The molecule has 0 radical (unpaired) electrons. The zero-order valence-corrected chi connectivity index (χ0v) is 15.4. The Labute approximate surface area is 152 Å². The van der Waals surface area contributed by atoms with E-state index in [2.05, 4.69) is 6.92 Å². The van der Waals surface area contributed by atoms with Crippen molar-refractivity contribution in [3.63, 3.8) is 0 Å². The molecule has 17 heavy (non-hydrogen) atoms. The summed E-state index contributed by atoms with van der Waals surface area (Å²) in [6, 6.07) is 0. The van der Waals surface area contributed by atoms with Gasteiger partial charge in [-0.1, -0.05) is 84.0 Å². The molecule has 0 atom stereocenters. The molecule has 0 aliphatic carbocycles. The van der Waals surface area contributed by atoms with E-state index in [1.807, 2.05) is 0 Å². The van der Waals surface area contributed by atoms with E-state index < -0.39 is 0 Å². The molecule has 0 aromatic heterocycles. The van der Waals surface area contributed by atoms with Gasteiger partial charge in [-0.3, -0.25) is 4.39 Å². The van der Waals surface area contributed by atoms with Crippen LogP contribution in [0.4, 0.5) is 4.39 Å². The maximum atomic E-state index is 11.8. The van der Waals surface area contributed by atoms with Crippen LogP contribution >= 0.6 is 0 Å². The van der Waals surface area contributed by atoms with Crippen molar-refractivity contribution in [1.29, 1.82) is 0 Å². The third-order valence-corrected chi connectivity index (χ3v) is 3.24. The van der Waals surface area contributed by atoms with Gasteiger partial charge in [-0.15, -0.1) is 0 Å². The molecule has 0 nitrogen and oxygen atoms in total. The number of rotatable bonds is 13. The number of hydrogen-bond acceptors (Lipinski definition) is 0. The van der Waals surface area contributed by atoms with E-state index in [4.69, 9.17) is 0 Å². The van der Waals surface area contributed by atoms with Crippen molar-refractivity contribution >= 4 is 0 Å². The summed E-state index contributed by atoms with van der Waals surface area (Å²) in [5.41, 5.74) is 0. The normalized spacial score (nSPS) is 10.2. The topological polar surface area (TPSA) is 0 Å². The smallest absolute Gasteiger partial charge is 1.00 e. The summed E-state index contributed by atoms with van der Waals surface area (Å²) in [5.74, 6) is 0.